The first kappa shape index (κ1) is 22.0. The second-order valence-corrected chi connectivity index (χ2v) is 7.89. The van der Waals surface area contributed by atoms with Crippen molar-refractivity contribution in [2.45, 2.75) is 19.4 Å². The lowest BCUT2D eigenvalue weighted by atomic mass is 10.0. The van der Waals surface area contributed by atoms with Gasteiger partial charge in [-0.15, -0.1) is 0 Å². The molecule has 4 aromatic carbocycles. The lowest BCUT2D eigenvalue weighted by molar-refractivity contribution is -0.118. The van der Waals surface area contributed by atoms with Crippen LogP contribution in [0.15, 0.2) is 109 Å². The van der Waals surface area contributed by atoms with Crippen LogP contribution in [0.3, 0.4) is 0 Å². The quantitative estimate of drug-likeness (QED) is 0.358. The molecule has 164 valence electrons. The van der Waals surface area contributed by atoms with Gasteiger partial charge in [-0.3, -0.25) is 4.79 Å². The maximum absolute atomic E-state index is 13.3. The maximum atomic E-state index is 13.3. The van der Waals surface area contributed by atoms with Gasteiger partial charge in [0.25, 0.3) is 0 Å². The molecule has 4 aromatic rings. The Morgan fingerprint density at radius 3 is 1.97 bits per heavy atom. The Balaban J connectivity index is 1.57. The van der Waals surface area contributed by atoms with E-state index in [1.165, 1.54) is 0 Å². The molecule has 4 rings (SSSR count). The van der Waals surface area contributed by atoms with Gasteiger partial charge in [0.05, 0.1) is 12.1 Å². The second-order valence-electron chi connectivity index (χ2n) is 7.89. The molecular weight excluding hydrogens is 410 g/mol. The summed E-state index contributed by atoms with van der Waals surface area (Å²) in [6.45, 7) is 0.435. The molecule has 0 aromatic heterocycles. The number of para-hydroxylation sites is 1. The zero-order valence-electron chi connectivity index (χ0n) is 18.2. The summed E-state index contributed by atoms with van der Waals surface area (Å²) >= 11 is 0. The molecule has 0 unspecified atom stereocenters. The van der Waals surface area contributed by atoms with Crippen molar-refractivity contribution < 1.29 is 14.7 Å². The molecule has 0 spiro atoms. The summed E-state index contributed by atoms with van der Waals surface area (Å²) in [4.78, 5) is 26.4. The Labute approximate surface area is 193 Å². The number of aromatic carboxylic acids is 1. The van der Waals surface area contributed by atoms with Gasteiger partial charge in [-0.1, -0.05) is 78.9 Å². The molecule has 0 aliphatic heterocycles. The largest absolute Gasteiger partial charge is 0.478 e. The molecule has 0 saturated carbocycles. The molecular formula is C29H25NO3. The summed E-state index contributed by atoms with van der Waals surface area (Å²) in [5, 5.41) is 9.31. The maximum Gasteiger partial charge on any atom is 0.335 e. The van der Waals surface area contributed by atoms with Crippen LogP contribution in [0.2, 0.25) is 0 Å². The highest BCUT2D eigenvalue weighted by molar-refractivity contribution is 5.93. The molecule has 0 heterocycles. The summed E-state index contributed by atoms with van der Waals surface area (Å²) in [5.74, 6) is -0.893. The minimum atomic E-state index is -0.952. The molecule has 33 heavy (non-hydrogen) atoms. The zero-order valence-corrected chi connectivity index (χ0v) is 18.2. The van der Waals surface area contributed by atoms with Crippen molar-refractivity contribution in [1.82, 2.24) is 0 Å². The van der Waals surface area contributed by atoms with E-state index in [1.807, 2.05) is 95.9 Å². The van der Waals surface area contributed by atoms with Gasteiger partial charge in [-0.25, -0.2) is 4.79 Å². The summed E-state index contributed by atoms with van der Waals surface area (Å²) in [5.41, 5.74) is 4.97. The molecule has 0 fully saturated rings. The summed E-state index contributed by atoms with van der Waals surface area (Å²) in [6.07, 6.45) is 1.10. The number of rotatable bonds is 8. The lowest BCUT2D eigenvalue weighted by Crippen LogP contribution is -2.30. The van der Waals surface area contributed by atoms with Crippen molar-refractivity contribution in [3.63, 3.8) is 0 Å². The number of carbonyl (C=O) groups is 2. The van der Waals surface area contributed by atoms with Crippen molar-refractivity contribution in [3.05, 3.63) is 126 Å². The van der Waals surface area contributed by atoms with E-state index < -0.39 is 5.97 Å². The van der Waals surface area contributed by atoms with Crippen LogP contribution >= 0.6 is 0 Å². The number of nitrogens with zero attached hydrogens (tertiary/aromatic N) is 1. The molecule has 1 N–H and O–H groups in total. The predicted molar refractivity (Wildman–Crippen MR) is 131 cm³/mol. The van der Waals surface area contributed by atoms with Gasteiger partial charge in [0, 0.05) is 12.1 Å². The fourth-order valence-electron chi connectivity index (χ4n) is 3.83. The van der Waals surface area contributed by atoms with E-state index in [9.17, 15) is 14.7 Å². The standard InChI is InChI=1S/C29H25NO3/c31-28(18-17-22-9-3-1-4-10-22)30(27-15-5-2-6-16-27)21-23-11-7-12-24(19-23)25-13-8-14-26(20-25)29(32)33/h1-16,19-20H,17-18,21H2,(H,32,33). The van der Waals surface area contributed by atoms with Gasteiger partial charge >= 0.3 is 5.97 Å². The predicted octanol–water partition coefficient (Wildman–Crippen LogP) is 6.22. The van der Waals surface area contributed by atoms with Gasteiger partial charge in [0.15, 0.2) is 0 Å². The summed E-state index contributed by atoms with van der Waals surface area (Å²) < 4.78 is 0. The molecule has 4 heteroatoms. The number of amides is 1. The van der Waals surface area contributed by atoms with Gasteiger partial charge in [-0.05, 0) is 59.0 Å². The SMILES string of the molecule is O=C(O)c1cccc(-c2cccc(CN(C(=O)CCc3ccccc3)c3ccccc3)c2)c1. The molecule has 0 bridgehead atoms. The number of benzene rings is 4. The first-order valence-corrected chi connectivity index (χ1v) is 10.9. The number of hydrogen-bond donors (Lipinski definition) is 1. The molecule has 4 nitrogen and oxygen atoms in total. The monoisotopic (exact) mass is 435 g/mol. The van der Waals surface area contributed by atoms with E-state index in [2.05, 4.69) is 0 Å². The molecule has 0 radical (unpaired) electrons. The number of carboxylic acids is 1. The van der Waals surface area contributed by atoms with Gasteiger partial charge in [-0.2, -0.15) is 0 Å². The van der Waals surface area contributed by atoms with Gasteiger partial charge in [0.1, 0.15) is 0 Å². The second kappa shape index (κ2) is 10.4. The first-order chi connectivity index (χ1) is 16.1. The highest BCUT2D eigenvalue weighted by atomic mass is 16.4. The third kappa shape index (κ3) is 5.74. The van der Waals surface area contributed by atoms with Crippen LogP contribution in [0.4, 0.5) is 5.69 Å². The molecule has 0 aliphatic rings. The van der Waals surface area contributed by atoms with Crippen LogP contribution in [0.5, 0.6) is 0 Å². The summed E-state index contributed by atoms with van der Waals surface area (Å²) in [6, 6.07) is 34.5. The Kier molecular flexibility index (Phi) is 6.96. The average molecular weight is 436 g/mol. The Bertz CT molecular complexity index is 1240. The fraction of sp³-hybridized carbons (Fsp3) is 0.103. The summed E-state index contributed by atoms with van der Waals surface area (Å²) in [7, 11) is 0. The Morgan fingerprint density at radius 1 is 0.667 bits per heavy atom. The number of hydrogen-bond acceptors (Lipinski definition) is 2. The van der Waals surface area contributed by atoms with Crippen LogP contribution in [-0.2, 0) is 17.8 Å². The van der Waals surface area contributed by atoms with Crippen LogP contribution in [0.1, 0.15) is 27.9 Å². The van der Waals surface area contributed by atoms with E-state index in [-0.39, 0.29) is 11.5 Å². The third-order valence-corrected chi connectivity index (χ3v) is 5.55. The van der Waals surface area contributed by atoms with E-state index in [0.29, 0.717) is 19.4 Å². The topological polar surface area (TPSA) is 57.6 Å². The number of carboxylic acid groups (broad SMARTS) is 1. The Morgan fingerprint density at radius 2 is 1.27 bits per heavy atom. The van der Waals surface area contributed by atoms with E-state index in [1.54, 1.807) is 18.2 Å². The molecule has 0 atom stereocenters. The smallest absolute Gasteiger partial charge is 0.335 e. The van der Waals surface area contributed by atoms with E-state index in [0.717, 1.165) is 27.9 Å². The first-order valence-electron chi connectivity index (χ1n) is 10.9. The fourth-order valence-corrected chi connectivity index (χ4v) is 3.83. The van der Waals surface area contributed by atoms with Crippen LogP contribution in [0.25, 0.3) is 11.1 Å². The van der Waals surface area contributed by atoms with E-state index in [4.69, 9.17) is 0 Å². The number of anilines is 1. The van der Waals surface area contributed by atoms with Gasteiger partial charge in [0.2, 0.25) is 5.91 Å². The van der Waals surface area contributed by atoms with Crippen molar-refractivity contribution in [2.24, 2.45) is 0 Å². The van der Waals surface area contributed by atoms with Crippen molar-refractivity contribution in [3.8, 4) is 11.1 Å². The van der Waals surface area contributed by atoms with Crippen molar-refractivity contribution >= 4 is 17.6 Å². The zero-order chi connectivity index (χ0) is 23.0. The highest BCUT2D eigenvalue weighted by Crippen LogP contribution is 2.24. The third-order valence-electron chi connectivity index (χ3n) is 5.55. The minimum Gasteiger partial charge on any atom is -0.478 e. The lowest BCUT2D eigenvalue weighted by Gasteiger charge is -2.23. The highest BCUT2D eigenvalue weighted by Gasteiger charge is 2.16. The van der Waals surface area contributed by atoms with Crippen molar-refractivity contribution in [1.29, 1.82) is 0 Å². The molecule has 0 saturated heterocycles. The minimum absolute atomic E-state index is 0.0586. The van der Waals surface area contributed by atoms with Crippen LogP contribution < -0.4 is 4.90 Å². The van der Waals surface area contributed by atoms with E-state index >= 15 is 0 Å². The average Bonchev–Trinajstić information content (AvgIpc) is 2.87. The molecule has 1 amide bonds. The van der Waals surface area contributed by atoms with Crippen molar-refractivity contribution in [2.75, 3.05) is 4.90 Å². The number of carbonyl (C=O) groups excluding carboxylic acids is 1. The van der Waals surface area contributed by atoms with Crippen LogP contribution in [-0.4, -0.2) is 17.0 Å². The number of aryl methyl sites for hydroxylation is 1. The molecule has 0 aliphatic carbocycles. The Hall–Kier alpha value is -4.18. The van der Waals surface area contributed by atoms with Gasteiger partial charge < -0.3 is 10.0 Å². The van der Waals surface area contributed by atoms with Crippen LogP contribution in [0, 0.1) is 0 Å². The normalized spacial score (nSPS) is 10.5.